The molecule has 2 amide bonds. The number of hydrogen-bond acceptors (Lipinski definition) is 3. The lowest BCUT2D eigenvalue weighted by molar-refractivity contribution is -0.133. The minimum atomic E-state index is -0.635. The van der Waals surface area contributed by atoms with E-state index < -0.39 is 6.04 Å². The Kier molecular flexibility index (Phi) is 7.46. The molecule has 0 radical (unpaired) electrons. The Bertz CT molecular complexity index is 834. The summed E-state index contributed by atoms with van der Waals surface area (Å²) in [5.74, 6) is 0.165. The quantitative estimate of drug-likeness (QED) is 0.759. The number of likely N-dealkylation sites (N-methyl/N-ethyl adjacent to an activating group) is 1. The summed E-state index contributed by atoms with van der Waals surface area (Å²) in [5, 5.41) is 3.45. The highest BCUT2D eigenvalue weighted by Crippen LogP contribution is 2.24. The van der Waals surface area contributed by atoms with Crippen molar-refractivity contribution in [3.63, 3.8) is 0 Å². The van der Waals surface area contributed by atoms with Gasteiger partial charge in [0.25, 0.3) is 5.91 Å². The molecule has 2 aromatic carbocycles. The molecule has 0 spiro atoms. The van der Waals surface area contributed by atoms with Crippen LogP contribution in [0.4, 0.5) is 0 Å². The second-order valence-corrected chi connectivity index (χ2v) is 7.65. The summed E-state index contributed by atoms with van der Waals surface area (Å²) in [6, 6.07) is 11.9. The molecular formula is C22H27ClN2O3. The van der Waals surface area contributed by atoms with E-state index in [2.05, 4.69) is 5.32 Å². The van der Waals surface area contributed by atoms with E-state index in [4.69, 9.17) is 16.3 Å². The first kappa shape index (κ1) is 21.8. The van der Waals surface area contributed by atoms with Crippen LogP contribution >= 0.6 is 11.6 Å². The predicted molar refractivity (Wildman–Crippen MR) is 112 cm³/mol. The van der Waals surface area contributed by atoms with E-state index in [1.54, 1.807) is 49.4 Å². The predicted octanol–water partition coefficient (Wildman–Crippen LogP) is 4.07. The summed E-state index contributed by atoms with van der Waals surface area (Å²) in [6.07, 6.45) is 0. The van der Waals surface area contributed by atoms with Crippen LogP contribution in [0.2, 0.25) is 5.02 Å². The zero-order valence-electron chi connectivity index (χ0n) is 17.0. The van der Waals surface area contributed by atoms with Crippen LogP contribution in [-0.2, 0) is 11.3 Å². The molecule has 5 nitrogen and oxygen atoms in total. The molecule has 0 saturated carbocycles. The molecule has 0 heterocycles. The topological polar surface area (TPSA) is 58.6 Å². The van der Waals surface area contributed by atoms with Gasteiger partial charge in [0.15, 0.2) is 0 Å². The van der Waals surface area contributed by atoms with E-state index >= 15 is 0 Å². The van der Waals surface area contributed by atoms with Crippen molar-refractivity contribution < 1.29 is 14.3 Å². The number of aryl methyl sites for hydroxylation is 1. The van der Waals surface area contributed by atoms with Gasteiger partial charge in [0.1, 0.15) is 11.8 Å². The molecular weight excluding hydrogens is 376 g/mol. The minimum absolute atomic E-state index is 0.0643. The van der Waals surface area contributed by atoms with E-state index in [9.17, 15) is 9.59 Å². The Morgan fingerprint density at radius 3 is 2.36 bits per heavy atom. The number of methoxy groups -OCH3 is 1. The van der Waals surface area contributed by atoms with Gasteiger partial charge in [-0.15, -0.1) is 0 Å². The second kappa shape index (κ2) is 9.60. The highest BCUT2D eigenvalue weighted by atomic mass is 35.5. The average Bonchev–Trinajstić information content (AvgIpc) is 2.65. The lowest BCUT2D eigenvalue weighted by atomic mass is 10.0. The van der Waals surface area contributed by atoms with E-state index in [0.29, 0.717) is 22.9 Å². The van der Waals surface area contributed by atoms with Crippen molar-refractivity contribution in [2.24, 2.45) is 5.92 Å². The SMILES string of the molecule is COc1ccc(Cl)cc1CN(C)C(=O)C(NC(=O)c1ccc(C)cc1)C(C)C. The molecule has 0 fully saturated rings. The van der Waals surface area contributed by atoms with Gasteiger partial charge in [-0.05, 0) is 43.2 Å². The van der Waals surface area contributed by atoms with E-state index in [0.717, 1.165) is 11.1 Å². The number of halogens is 1. The van der Waals surface area contributed by atoms with Crippen molar-refractivity contribution in [1.82, 2.24) is 10.2 Å². The Labute approximate surface area is 171 Å². The van der Waals surface area contributed by atoms with Crippen molar-refractivity contribution in [2.75, 3.05) is 14.2 Å². The number of nitrogens with one attached hydrogen (secondary N) is 1. The normalized spacial score (nSPS) is 11.8. The van der Waals surface area contributed by atoms with E-state index in [1.165, 1.54) is 0 Å². The van der Waals surface area contributed by atoms with Gasteiger partial charge in [-0.1, -0.05) is 43.1 Å². The van der Waals surface area contributed by atoms with Gasteiger partial charge in [-0.25, -0.2) is 0 Å². The third kappa shape index (κ3) is 5.49. The van der Waals surface area contributed by atoms with Gasteiger partial charge in [0.05, 0.1) is 7.11 Å². The fourth-order valence-electron chi connectivity index (χ4n) is 2.88. The summed E-state index contributed by atoms with van der Waals surface area (Å²) in [5.41, 5.74) is 2.41. The van der Waals surface area contributed by atoms with Gasteiger partial charge >= 0.3 is 0 Å². The lowest BCUT2D eigenvalue weighted by Gasteiger charge is -2.27. The average molecular weight is 403 g/mol. The summed E-state index contributed by atoms with van der Waals surface area (Å²) in [4.78, 5) is 27.2. The van der Waals surface area contributed by atoms with Gasteiger partial charge in [-0.3, -0.25) is 9.59 Å². The molecule has 2 rings (SSSR count). The maximum absolute atomic E-state index is 13.0. The molecule has 1 atom stereocenters. The van der Waals surface area contributed by atoms with Crippen LogP contribution in [0, 0.1) is 12.8 Å². The molecule has 1 N–H and O–H groups in total. The molecule has 0 bridgehead atoms. The van der Waals surface area contributed by atoms with Crippen molar-refractivity contribution in [3.05, 3.63) is 64.2 Å². The number of rotatable bonds is 7. The Morgan fingerprint density at radius 2 is 1.79 bits per heavy atom. The fourth-order valence-corrected chi connectivity index (χ4v) is 3.08. The van der Waals surface area contributed by atoms with E-state index in [1.807, 2.05) is 32.9 Å². The summed E-state index contributed by atoms with van der Waals surface area (Å²) >= 11 is 6.08. The first-order valence-corrected chi connectivity index (χ1v) is 9.55. The third-order valence-corrected chi connectivity index (χ3v) is 4.79. The molecule has 6 heteroatoms. The van der Waals surface area contributed by atoms with Crippen LogP contribution in [-0.4, -0.2) is 36.9 Å². The minimum Gasteiger partial charge on any atom is -0.496 e. The molecule has 0 aliphatic heterocycles. The van der Waals surface area contributed by atoms with Gasteiger partial charge in [-0.2, -0.15) is 0 Å². The van der Waals surface area contributed by atoms with Crippen LogP contribution < -0.4 is 10.1 Å². The first-order chi connectivity index (χ1) is 13.2. The summed E-state index contributed by atoms with van der Waals surface area (Å²) in [7, 11) is 3.28. The highest BCUT2D eigenvalue weighted by molar-refractivity contribution is 6.30. The van der Waals surface area contributed by atoms with E-state index in [-0.39, 0.29) is 17.7 Å². The zero-order chi connectivity index (χ0) is 20.8. The molecule has 28 heavy (non-hydrogen) atoms. The molecule has 150 valence electrons. The number of carbonyl (C=O) groups excluding carboxylic acids is 2. The number of ether oxygens (including phenoxy) is 1. The lowest BCUT2D eigenvalue weighted by Crippen LogP contribution is -2.50. The number of nitrogens with zero attached hydrogens (tertiary/aromatic N) is 1. The summed E-state index contributed by atoms with van der Waals surface area (Å²) in [6.45, 7) is 6.10. The van der Waals surface area contributed by atoms with Crippen molar-refractivity contribution >= 4 is 23.4 Å². The Hall–Kier alpha value is -2.53. The standard InChI is InChI=1S/C22H27ClN2O3/c1-14(2)20(24-21(26)16-8-6-15(3)7-9-16)22(27)25(4)13-17-12-18(23)10-11-19(17)28-5/h6-12,14,20H,13H2,1-5H3,(H,24,26). The zero-order valence-corrected chi connectivity index (χ0v) is 17.7. The molecule has 0 aliphatic rings. The van der Waals surface area contributed by atoms with Crippen molar-refractivity contribution in [3.8, 4) is 5.75 Å². The number of amides is 2. The Morgan fingerprint density at radius 1 is 1.14 bits per heavy atom. The van der Waals surface area contributed by atoms with Crippen LogP contribution in [0.1, 0.15) is 35.3 Å². The van der Waals surface area contributed by atoms with Crippen molar-refractivity contribution in [1.29, 1.82) is 0 Å². The van der Waals surface area contributed by atoms with Gasteiger partial charge in [0, 0.05) is 29.7 Å². The fraction of sp³-hybridized carbons (Fsp3) is 0.364. The number of benzene rings is 2. The monoisotopic (exact) mass is 402 g/mol. The molecule has 0 saturated heterocycles. The smallest absolute Gasteiger partial charge is 0.251 e. The molecule has 0 aromatic heterocycles. The van der Waals surface area contributed by atoms with Crippen LogP contribution in [0.15, 0.2) is 42.5 Å². The second-order valence-electron chi connectivity index (χ2n) is 7.21. The van der Waals surface area contributed by atoms with Crippen LogP contribution in [0.3, 0.4) is 0 Å². The summed E-state index contributed by atoms with van der Waals surface area (Å²) < 4.78 is 5.35. The maximum atomic E-state index is 13.0. The van der Waals surface area contributed by atoms with Crippen LogP contribution in [0.25, 0.3) is 0 Å². The first-order valence-electron chi connectivity index (χ1n) is 9.17. The maximum Gasteiger partial charge on any atom is 0.251 e. The number of carbonyl (C=O) groups is 2. The molecule has 0 aliphatic carbocycles. The van der Waals surface area contributed by atoms with Crippen molar-refractivity contribution in [2.45, 2.75) is 33.4 Å². The van der Waals surface area contributed by atoms with Gasteiger partial charge < -0.3 is 15.0 Å². The highest BCUT2D eigenvalue weighted by Gasteiger charge is 2.27. The molecule has 2 aromatic rings. The molecule has 1 unspecified atom stereocenters. The Balaban J connectivity index is 2.14. The van der Waals surface area contributed by atoms with Crippen LogP contribution in [0.5, 0.6) is 5.75 Å². The third-order valence-electron chi connectivity index (χ3n) is 4.56. The number of hydrogen-bond donors (Lipinski definition) is 1. The largest absolute Gasteiger partial charge is 0.496 e. The van der Waals surface area contributed by atoms with Gasteiger partial charge in [0.2, 0.25) is 5.91 Å².